The Bertz CT molecular complexity index is 612. The number of halogens is 3. The van der Waals surface area contributed by atoms with Crippen molar-refractivity contribution < 1.29 is 18.0 Å². The number of hydrogen-bond donors (Lipinski definition) is 0. The van der Waals surface area contributed by atoms with Crippen molar-refractivity contribution in [2.75, 3.05) is 7.05 Å². The minimum atomic E-state index is -1.04. The highest BCUT2D eigenvalue weighted by molar-refractivity contribution is 9.10. The summed E-state index contributed by atoms with van der Waals surface area (Å²) in [5.41, 5.74) is 0.0898. The van der Waals surface area contributed by atoms with E-state index in [9.17, 15) is 13.6 Å². The first-order valence-corrected chi connectivity index (χ1v) is 6.21. The van der Waals surface area contributed by atoms with Crippen LogP contribution in [0.25, 0.3) is 0 Å². The number of nitrogens with zero attached hydrogens (tertiary/aromatic N) is 1. The first-order chi connectivity index (χ1) is 8.97. The van der Waals surface area contributed by atoms with Gasteiger partial charge in [0.25, 0.3) is 5.91 Å². The maximum atomic E-state index is 13.1. The lowest BCUT2D eigenvalue weighted by Crippen LogP contribution is -2.26. The van der Waals surface area contributed by atoms with Gasteiger partial charge in [0.15, 0.2) is 16.3 Å². The van der Waals surface area contributed by atoms with E-state index in [4.69, 9.17) is 4.42 Å². The predicted molar refractivity (Wildman–Crippen MR) is 68.6 cm³/mol. The van der Waals surface area contributed by atoms with Gasteiger partial charge in [-0.25, -0.2) is 8.78 Å². The summed E-state index contributed by atoms with van der Waals surface area (Å²) in [5.74, 6) is -1.84. The van der Waals surface area contributed by atoms with Crippen molar-refractivity contribution >= 4 is 21.8 Å². The van der Waals surface area contributed by atoms with Gasteiger partial charge in [-0.15, -0.1) is 0 Å². The standard InChI is InChI=1S/C13H10BrF2NO2/c1-17(7-9-3-5-12(14)19-9)13(18)8-2-4-10(15)11(16)6-8/h2-6H,7H2,1H3. The Labute approximate surface area is 116 Å². The van der Waals surface area contributed by atoms with Crippen LogP contribution in [0.15, 0.2) is 39.4 Å². The SMILES string of the molecule is CN(Cc1ccc(Br)o1)C(=O)c1ccc(F)c(F)c1. The Morgan fingerprint density at radius 2 is 2.00 bits per heavy atom. The molecule has 1 aromatic heterocycles. The van der Waals surface area contributed by atoms with Crippen molar-refractivity contribution in [3.05, 3.63) is 58.0 Å². The van der Waals surface area contributed by atoms with Gasteiger partial charge in [0.05, 0.1) is 6.54 Å². The van der Waals surface area contributed by atoms with Gasteiger partial charge in [0, 0.05) is 12.6 Å². The lowest BCUT2D eigenvalue weighted by molar-refractivity contribution is 0.0774. The average Bonchev–Trinajstić information content (AvgIpc) is 2.77. The number of amides is 1. The molecule has 1 aromatic carbocycles. The third kappa shape index (κ3) is 3.20. The third-order valence-corrected chi connectivity index (χ3v) is 2.96. The Morgan fingerprint density at radius 1 is 1.26 bits per heavy atom. The number of carbonyl (C=O) groups excluding carboxylic acids is 1. The highest BCUT2D eigenvalue weighted by Gasteiger charge is 2.15. The number of carbonyl (C=O) groups is 1. The van der Waals surface area contributed by atoms with Gasteiger partial charge < -0.3 is 9.32 Å². The first kappa shape index (κ1) is 13.7. The van der Waals surface area contributed by atoms with Crippen LogP contribution in [0.5, 0.6) is 0 Å². The molecular formula is C13H10BrF2NO2. The van der Waals surface area contributed by atoms with Crippen LogP contribution in [-0.4, -0.2) is 17.9 Å². The van der Waals surface area contributed by atoms with Crippen LogP contribution in [0.1, 0.15) is 16.1 Å². The van der Waals surface area contributed by atoms with Gasteiger partial charge in [-0.3, -0.25) is 4.79 Å². The largest absolute Gasteiger partial charge is 0.452 e. The van der Waals surface area contributed by atoms with E-state index in [-0.39, 0.29) is 12.1 Å². The molecule has 19 heavy (non-hydrogen) atoms. The normalized spacial score (nSPS) is 10.5. The van der Waals surface area contributed by atoms with Gasteiger partial charge in [0.2, 0.25) is 0 Å². The van der Waals surface area contributed by atoms with Gasteiger partial charge in [0.1, 0.15) is 5.76 Å². The van der Waals surface area contributed by atoms with E-state index >= 15 is 0 Å². The van der Waals surface area contributed by atoms with Gasteiger partial charge in [-0.2, -0.15) is 0 Å². The molecule has 1 heterocycles. The summed E-state index contributed by atoms with van der Waals surface area (Å²) in [7, 11) is 1.56. The molecule has 0 aliphatic heterocycles. The number of benzene rings is 1. The zero-order valence-electron chi connectivity index (χ0n) is 9.99. The highest BCUT2D eigenvalue weighted by atomic mass is 79.9. The molecule has 0 aliphatic carbocycles. The van der Waals surface area contributed by atoms with Crippen LogP contribution in [0.2, 0.25) is 0 Å². The van der Waals surface area contributed by atoms with E-state index < -0.39 is 17.5 Å². The van der Waals surface area contributed by atoms with E-state index in [1.54, 1.807) is 19.2 Å². The van der Waals surface area contributed by atoms with E-state index in [2.05, 4.69) is 15.9 Å². The summed E-state index contributed by atoms with van der Waals surface area (Å²) >= 11 is 3.16. The molecule has 2 rings (SSSR count). The lowest BCUT2D eigenvalue weighted by Gasteiger charge is -2.15. The average molecular weight is 330 g/mol. The maximum Gasteiger partial charge on any atom is 0.254 e. The zero-order chi connectivity index (χ0) is 14.0. The number of hydrogen-bond acceptors (Lipinski definition) is 2. The molecule has 0 N–H and O–H groups in total. The van der Waals surface area contributed by atoms with Crippen molar-refractivity contribution in [3.8, 4) is 0 Å². The van der Waals surface area contributed by atoms with Crippen molar-refractivity contribution in [1.82, 2.24) is 4.90 Å². The Kier molecular flexibility index (Phi) is 3.99. The fourth-order valence-corrected chi connectivity index (χ4v) is 1.93. The zero-order valence-corrected chi connectivity index (χ0v) is 11.6. The molecular weight excluding hydrogens is 320 g/mol. The molecule has 0 aliphatic rings. The summed E-state index contributed by atoms with van der Waals surface area (Å²) in [6.45, 7) is 0.240. The first-order valence-electron chi connectivity index (χ1n) is 5.42. The molecule has 100 valence electrons. The van der Waals surface area contributed by atoms with Crippen molar-refractivity contribution in [2.45, 2.75) is 6.54 Å². The third-order valence-electron chi connectivity index (χ3n) is 2.54. The molecule has 0 unspecified atom stereocenters. The number of rotatable bonds is 3. The fraction of sp³-hybridized carbons (Fsp3) is 0.154. The summed E-state index contributed by atoms with van der Waals surface area (Å²) in [6, 6.07) is 6.49. The summed E-state index contributed by atoms with van der Waals surface area (Å²) in [4.78, 5) is 13.4. The molecule has 3 nitrogen and oxygen atoms in total. The van der Waals surface area contributed by atoms with E-state index in [1.165, 1.54) is 11.0 Å². The van der Waals surface area contributed by atoms with Crippen LogP contribution in [0.4, 0.5) is 8.78 Å². The van der Waals surface area contributed by atoms with Crippen LogP contribution in [-0.2, 0) is 6.54 Å². The molecule has 0 saturated carbocycles. The van der Waals surface area contributed by atoms with Gasteiger partial charge in [-0.05, 0) is 46.3 Å². The second-order valence-electron chi connectivity index (χ2n) is 4.00. The van der Waals surface area contributed by atoms with Crippen molar-refractivity contribution in [2.24, 2.45) is 0 Å². The summed E-state index contributed by atoms with van der Waals surface area (Å²) < 4.78 is 31.7. The second-order valence-corrected chi connectivity index (χ2v) is 4.78. The molecule has 0 fully saturated rings. The van der Waals surface area contributed by atoms with Crippen molar-refractivity contribution in [1.29, 1.82) is 0 Å². The molecule has 0 saturated heterocycles. The summed E-state index contributed by atoms with van der Waals surface area (Å²) in [5, 5.41) is 0. The topological polar surface area (TPSA) is 33.5 Å². The second kappa shape index (κ2) is 5.52. The number of furan rings is 1. The molecule has 0 bridgehead atoms. The van der Waals surface area contributed by atoms with Gasteiger partial charge in [-0.1, -0.05) is 0 Å². The fourth-order valence-electron chi connectivity index (χ4n) is 1.59. The Balaban J connectivity index is 2.12. The van der Waals surface area contributed by atoms with Crippen LogP contribution < -0.4 is 0 Å². The molecule has 2 aromatic rings. The quantitative estimate of drug-likeness (QED) is 0.862. The van der Waals surface area contributed by atoms with Gasteiger partial charge >= 0.3 is 0 Å². The molecule has 0 spiro atoms. The Morgan fingerprint density at radius 3 is 2.58 bits per heavy atom. The predicted octanol–water partition coefficient (Wildman–Crippen LogP) is 3.59. The molecule has 1 amide bonds. The van der Waals surface area contributed by atoms with E-state index in [0.717, 1.165) is 12.1 Å². The molecule has 6 heteroatoms. The smallest absolute Gasteiger partial charge is 0.254 e. The van der Waals surface area contributed by atoms with Crippen LogP contribution >= 0.6 is 15.9 Å². The minimum absolute atomic E-state index is 0.0898. The van der Waals surface area contributed by atoms with E-state index in [1.807, 2.05) is 0 Å². The monoisotopic (exact) mass is 329 g/mol. The molecule has 0 radical (unpaired) electrons. The van der Waals surface area contributed by atoms with Crippen LogP contribution in [0, 0.1) is 11.6 Å². The molecule has 0 atom stereocenters. The van der Waals surface area contributed by atoms with Crippen molar-refractivity contribution in [3.63, 3.8) is 0 Å². The van der Waals surface area contributed by atoms with E-state index in [0.29, 0.717) is 10.4 Å². The maximum absolute atomic E-state index is 13.1. The Hall–Kier alpha value is -1.69. The minimum Gasteiger partial charge on any atom is -0.452 e. The highest BCUT2D eigenvalue weighted by Crippen LogP contribution is 2.17. The van der Waals surface area contributed by atoms with Crippen LogP contribution in [0.3, 0.4) is 0 Å². The summed E-state index contributed by atoms with van der Waals surface area (Å²) in [6.07, 6.45) is 0. The lowest BCUT2D eigenvalue weighted by atomic mass is 10.2.